The lowest BCUT2D eigenvalue weighted by Crippen LogP contribution is -2.48. The van der Waals surface area contributed by atoms with Crippen molar-refractivity contribution < 1.29 is 14.7 Å². The van der Waals surface area contributed by atoms with E-state index in [1.807, 2.05) is 11.8 Å². The Labute approximate surface area is 112 Å². The molecule has 0 aromatic rings. The Morgan fingerprint density at radius 1 is 1.33 bits per heavy atom. The molecule has 1 heterocycles. The Balaban J connectivity index is 1.93. The molecule has 0 aromatic carbocycles. The fourth-order valence-corrected chi connectivity index (χ4v) is 3.46. The second kappa shape index (κ2) is 5.82. The summed E-state index contributed by atoms with van der Waals surface area (Å²) in [5.74, 6) is 1.63. The van der Waals surface area contributed by atoms with E-state index in [4.69, 9.17) is 5.11 Å². The molecule has 0 aromatic heterocycles. The van der Waals surface area contributed by atoms with Gasteiger partial charge in [-0.3, -0.25) is 4.79 Å². The van der Waals surface area contributed by atoms with Gasteiger partial charge < -0.3 is 14.9 Å². The summed E-state index contributed by atoms with van der Waals surface area (Å²) in [4.78, 5) is 26.4. The van der Waals surface area contributed by atoms with Crippen molar-refractivity contribution in [1.82, 2.24) is 9.80 Å². The molecular formula is C12H20N2O3S. The smallest absolute Gasteiger partial charge is 0.323 e. The number of aliphatic carboxylic acids is 1. The molecular weight excluding hydrogens is 252 g/mol. The predicted molar refractivity (Wildman–Crippen MR) is 70.8 cm³/mol. The van der Waals surface area contributed by atoms with Crippen LogP contribution in [-0.4, -0.2) is 64.6 Å². The second-order valence-electron chi connectivity index (χ2n) is 5.13. The highest BCUT2D eigenvalue weighted by Gasteiger charge is 2.32. The predicted octanol–water partition coefficient (Wildman–Crippen LogP) is 1.34. The summed E-state index contributed by atoms with van der Waals surface area (Å²) in [6, 6.07) is 0.134. The summed E-state index contributed by atoms with van der Waals surface area (Å²) in [5, 5.41) is 8.90. The van der Waals surface area contributed by atoms with Crippen LogP contribution in [0.25, 0.3) is 0 Å². The molecule has 2 amide bonds. The van der Waals surface area contributed by atoms with Crippen LogP contribution in [0.3, 0.4) is 0 Å². The molecule has 1 aliphatic heterocycles. The topological polar surface area (TPSA) is 60.9 Å². The number of urea groups is 1. The highest BCUT2D eigenvalue weighted by Crippen LogP contribution is 2.30. The number of rotatable bonds is 5. The van der Waals surface area contributed by atoms with Crippen LogP contribution in [0.1, 0.15) is 19.3 Å². The molecule has 1 aliphatic carbocycles. The Hall–Kier alpha value is -0.910. The molecule has 5 nitrogen and oxygen atoms in total. The number of carbonyl (C=O) groups excluding carboxylic acids is 1. The Morgan fingerprint density at radius 2 is 2.06 bits per heavy atom. The maximum absolute atomic E-state index is 12.3. The van der Waals surface area contributed by atoms with Gasteiger partial charge in [0, 0.05) is 25.4 Å². The lowest BCUT2D eigenvalue weighted by molar-refractivity contribution is -0.137. The van der Waals surface area contributed by atoms with Crippen molar-refractivity contribution in [1.29, 1.82) is 0 Å². The number of nitrogens with zero attached hydrogens (tertiary/aromatic N) is 2. The van der Waals surface area contributed by atoms with Crippen molar-refractivity contribution in [2.45, 2.75) is 25.3 Å². The van der Waals surface area contributed by atoms with Crippen LogP contribution >= 0.6 is 11.8 Å². The van der Waals surface area contributed by atoms with Gasteiger partial charge in [0.1, 0.15) is 6.54 Å². The molecule has 0 bridgehead atoms. The number of hydrogen-bond donors (Lipinski definition) is 1. The SMILES string of the molecule is CN(C(=O)N(CC(=O)O)CC1CC1)C1CCSC1. The molecule has 1 saturated heterocycles. The Morgan fingerprint density at radius 3 is 2.56 bits per heavy atom. The molecule has 1 N–H and O–H groups in total. The average molecular weight is 272 g/mol. The van der Waals surface area contributed by atoms with Crippen LogP contribution in [0, 0.1) is 5.92 Å². The fourth-order valence-electron chi connectivity index (χ4n) is 2.19. The first-order valence-corrected chi connectivity index (χ1v) is 7.54. The van der Waals surface area contributed by atoms with Crippen LogP contribution < -0.4 is 0 Å². The van der Waals surface area contributed by atoms with Crippen LogP contribution in [-0.2, 0) is 4.79 Å². The van der Waals surface area contributed by atoms with Crippen molar-refractivity contribution in [2.24, 2.45) is 5.92 Å². The molecule has 2 fully saturated rings. The van der Waals surface area contributed by atoms with Crippen molar-refractivity contribution in [3.05, 3.63) is 0 Å². The average Bonchev–Trinajstić information content (AvgIpc) is 2.96. The highest BCUT2D eigenvalue weighted by atomic mass is 32.2. The maximum Gasteiger partial charge on any atom is 0.323 e. The second-order valence-corrected chi connectivity index (χ2v) is 6.28. The van der Waals surface area contributed by atoms with E-state index in [-0.39, 0.29) is 18.6 Å². The fraction of sp³-hybridized carbons (Fsp3) is 0.833. The van der Waals surface area contributed by atoms with Gasteiger partial charge in [-0.2, -0.15) is 11.8 Å². The standard InChI is InChI=1S/C12H20N2O3S/c1-13(10-4-5-18-8-10)12(17)14(7-11(15)16)6-9-2-3-9/h9-10H,2-8H2,1H3,(H,15,16). The van der Waals surface area contributed by atoms with Crippen molar-refractivity contribution >= 4 is 23.8 Å². The summed E-state index contributed by atoms with van der Waals surface area (Å²) in [6.07, 6.45) is 3.25. The van der Waals surface area contributed by atoms with Gasteiger partial charge >= 0.3 is 12.0 Å². The number of hydrogen-bond acceptors (Lipinski definition) is 3. The van der Waals surface area contributed by atoms with Gasteiger partial charge in [-0.15, -0.1) is 0 Å². The van der Waals surface area contributed by atoms with Gasteiger partial charge in [0.15, 0.2) is 0 Å². The summed E-state index contributed by atoms with van der Waals surface area (Å²) < 4.78 is 0. The van der Waals surface area contributed by atoms with E-state index in [9.17, 15) is 9.59 Å². The molecule has 2 aliphatic rings. The lowest BCUT2D eigenvalue weighted by Gasteiger charge is -2.30. The van der Waals surface area contributed by atoms with E-state index >= 15 is 0 Å². The van der Waals surface area contributed by atoms with Gasteiger partial charge in [-0.05, 0) is 30.9 Å². The third-order valence-corrected chi connectivity index (χ3v) is 4.67. The summed E-state index contributed by atoms with van der Waals surface area (Å²) in [5.41, 5.74) is 0. The number of carboxylic acids is 1. The molecule has 6 heteroatoms. The number of carbonyl (C=O) groups is 2. The lowest BCUT2D eigenvalue weighted by atomic mass is 10.2. The van der Waals surface area contributed by atoms with Gasteiger partial charge in [-0.1, -0.05) is 0 Å². The van der Waals surface area contributed by atoms with Crippen LogP contribution in [0.15, 0.2) is 0 Å². The minimum absolute atomic E-state index is 0.128. The normalized spacial score (nSPS) is 22.8. The van der Waals surface area contributed by atoms with E-state index in [0.29, 0.717) is 12.5 Å². The Bertz CT molecular complexity index is 327. The zero-order valence-corrected chi connectivity index (χ0v) is 11.5. The largest absolute Gasteiger partial charge is 0.480 e. The van der Waals surface area contributed by atoms with E-state index in [1.165, 1.54) is 4.90 Å². The van der Waals surface area contributed by atoms with Crippen molar-refractivity contribution in [3.8, 4) is 0 Å². The third-order valence-electron chi connectivity index (χ3n) is 3.53. The quantitative estimate of drug-likeness (QED) is 0.820. The molecule has 2 rings (SSSR count). The van der Waals surface area contributed by atoms with Crippen LogP contribution in [0.4, 0.5) is 4.79 Å². The molecule has 1 atom stereocenters. The van der Waals surface area contributed by atoms with E-state index in [2.05, 4.69) is 0 Å². The van der Waals surface area contributed by atoms with Crippen molar-refractivity contribution in [3.63, 3.8) is 0 Å². The zero-order chi connectivity index (χ0) is 13.1. The third kappa shape index (κ3) is 3.54. The molecule has 18 heavy (non-hydrogen) atoms. The zero-order valence-electron chi connectivity index (χ0n) is 10.7. The monoisotopic (exact) mass is 272 g/mol. The first kappa shape index (κ1) is 13.5. The molecule has 0 spiro atoms. The Kier molecular flexibility index (Phi) is 4.37. The number of amides is 2. The molecule has 0 radical (unpaired) electrons. The van der Waals surface area contributed by atoms with Gasteiger partial charge in [0.25, 0.3) is 0 Å². The van der Waals surface area contributed by atoms with E-state index in [0.717, 1.165) is 30.8 Å². The minimum atomic E-state index is -0.932. The first-order chi connectivity index (χ1) is 8.58. The van der Waals surface area contributed by atoms with Crippen molar-refractivity contribution in [2.75, 3.05) is 31.6 Å². The molecule has 1 saturated carbocycles. The van der Waals surface area contributed by atoms with Gasteiger partial charge in [0.2, 0.25) is 0 Å². The van der Waals surface area contributed by atoms with E-state index in [1.54, 1.807) is 11.9 Å². The summed E-state index contributed by atoms with van der Waals surface area (Å²) >= 11 is 1.85. The number of carboxylic acid groups (broad SMARTS) is 1. The van der Waals surface area contributed by atoms with Crippen LogP contribution in [0.2, 0.25) is 0 Å². The first-order valence-electron chi connectivity index (χ1n) is 6.39. The van der Waals surface area contributed by atoms with Crippen LogP contribution in [0.5, 0.6) is 0 Å². The van der Waals surface area contributed by atoms with E-state index < -0.39 is 5.97 Å². The van der Waals surface area contributed by atoms with Gasteiger partial charge in [0.05, 0.1) is 0 Å². The summed E-state index contributed by atoms with van der Waals surface area (Å²) in [6.45, 7) is 0.412. The highest BCUT2D eigenvalue weighted by molar-refractivity contribution is 7.99. The number of thioether (sulfide) groups is 1. The summed E-state index contributed by atoms with van der Waals surface area (Å²) in [7, 11) is 1.79. The molecule has 102 valence electrons. The van der Waals surface area contributed by atoms with Gasteiger partial charge in [-0.25, -0.2) is 4.79 Å². The maximum atomic E-state index is 12.3. The minimum Gasteiger partial charge on any atom is -0.480 e. The molecule has 1 unspecified atom stereocenters.